The SMILES string of the molecule is Cc1cc(-c2cccc(O)c2O)ccc1O. The molecule has 3 nitrogen and oxygen atoms in total. The number of benzene rings is 2. The van der Waals surface area contributed by atoms with Crippen LogP contribution in [0, 0.1) is 6.92 Å². The van der Waals surface area contributed by atoms with Crippen LogP contribution in [0.3, 0.4) is 0 Å². The molecule has 0 fully saturated rings. The number of hydrogen-bond donors (Lipinski definition) is 3. The van der Waals surface area contributed by atoms with E-state index in [-0.39, 0.29) is 17.2 Å². The number of aryl methyl sites for hydroxylation is 1. The summed E-state index contributed by atoms with van der Waals surface area (Å²) in [5.41, 5.74) is 2.02. The van der Waals surface area contributed by atoms with Gasteiger partial charge < -0.3 is 15.3 Å². The van der Waals surface area contributed by atoms with Crippen LogP contribution in [0.4, 0.5) is 0 Å². The average molecular weight is 216 g/mol. The third-order valence-electron chi connectivity index (χ3n) is 2.52. The highest BCUT2D eigenvalue weighted by molar-refractivity contribution is 5.74. The van der Waals surface area contributed by atoms with Gasteiger partial charge >= 0.3 is 0 Å². The van der Waals surface area contributed by atoms with Crippen molar-refractivity contribution in [2.45, 2.75) is 6.92 Å². The lowest BCUT2D eigenvalue weighted by molar-refractivity contribution is 0.405. The molecule has 0 amide bonds. The molecule has 16 heavy (non-hydrogen) atoms. The first kappa shape index (κ1) is 10.4. The van der Waals surface area contributed by atoms with Gasteiger partial charge in [-0.3, -0.25) is 0 Å². The predicted molar refractivity (Wildman–Crippen MR) is 61.6 cm³/mol. The van der Waals surface area contributed by atoms with Crippen molar-refractivity contribution in [3.05, 3.63) is 42.0 Å². The number of para-hydroxylation sites is 1. The Balaban J connectivity index is 2.59. The Morgan fingerprint density at radius 2 is 1.62 bits per heavy atom. The highest BCUT2D eigenvalue weighted by Crippen LogP contribution is 2.37. The Morgan fingerprint density at radius 3 is 2.31 bits per heavy atom. The minimum Gasteiger partial charge on any atom is -0.508 e. The molecule has 0 radical (unpaired) electrons. The summed E-state index contributed by atoms with van der Waals surface area (Å²) in [4.78, 5) is 0. The molecule has 2 aromatic carbocycles. The van der Waals surface area contributed by atoms with Gasteiger partial charge in [0.25, 0.3) is 0 Å². The number of phenolic OH excluding ortho intramolecular Hbond substituents is 3. The Kier molecular flexibility index (Phi) is 2.44. The van der Waals surface area contributed by atoms with Gasteiger partial charge in [0, 0.05) is 5.56 Å². The number of aromatic hydroxyl groups is 3. The summed E-state index contributed by atoms with van der Waals surface area (Å²) >= 11 is 0. The van der Waals surface area contributed by atoms with E-state index < -0.39 is 0 Å². The van der Waals surface area contributed by atoms with E-state index in [4.69, 9.17) is 0 Å². The van der Waals surface area contributed by atoms with Gasteiger partial charge in [0.05, 0.1) is 0 Å². The van der Waals surface area contributed by atoms with E-state index in [1.165, 1.54) is 6.07 Å². The third kappa shape index (κ3) is 1.67. The summed E-state index contributed by atoms with van der Waals surface area (Å²) in [6.45, 7) is 1.78. The molecule has 0 aliphatic rings. The lowest BCUT2D eigenvalue weighted by atomic mass is 10.0. The molecule has 0 unspecified atom stereocenters. The van der Waals surface area contributed by atoms with Crippen LogP contribution in [0.15, 0.2) is 36.4 Å². The Morgan fingerprint density at radius 1 is 0.875 bits per heavy atom. The summed E-state index contributed by atoms with van der Waals surface area (Å²) in [5, 5.41) is 28.5. The van der Waals surface area contributed by atoms with Gasteiger partial charge in [0.15, 0.2) is 11.5 Å². The molecule has 2 aromatic rings. The Hall–Kier alpha value is -2.16. The summed E-state index contributed by atoms with van der Waals surface area (Å²) in [6.07, 6.45) is 0. The molecule has 0 aliphatic carbocycles. The van der Waals surface area contributed by atoms with Crippen LogP contribution in [-0.4, -0.2) is 15.3 Å². The lowest BCUT2D eigenvalue weighted by Gasteiger charge is -2.07. The topological polar surface area (TPSA) is 60.7 Å². The van der Waals surface area contributed by atoms with Crippen molar-refractivity contribution in [3.8, 4) is 28.4 Å². The molecule has 0 aromatic heterocycles. The van der Waals surface area contributed by atoms with Crippen LogP contribution < -0.4 is 0 Å². The highest BCUT2D eigenvalue weighted by atomic mass is 16.3. The van der Waals surface area contributed by atoms with E-state index >= 15 is 0 Å². The van der Waals surface area contributed by atoms with Crippen LogP contribution >= 0.6 is 0 Å². The highest BCUT2D eigenvalue weighted by Gasteiger charge is 2.08. The lowest BCUT2D eigenvalue weighted by Crippen LogP contribution is -1.82. The van der Waals surface area contributed by atoms with E-state index in [1.54, 1.807) is 37.3 Å². The zero-order valence-corrected chi connectivity index (χ0v) is 8.81. The summed E-state index contributed by atoms with van der Waals surface area (Å²) in [6, 6.07) is 9.80. The quantitative estimate of drug-likeness (QED) is 0.642. The second-order valence-electron chi connectivity index (χ2n) is 3.67. The van der Waals surface area contributed by atoms with E-state index in [9.17, 15) is 15.3 Å². The van der Waals surface area contributed by atoms with Crippen molar-refractivity contribution < 1.29 is 15.3 Å². The van der Waals surface area contributed by atoms with Gasteiger partial charge in [-0.1, -0.05) is 18.2 Å². The second-order valence-corrected chi connectivity index (χ2v) is 3.67. The van der Waals surface area contributed by atoms with E-state index in [1.807, 2.05) is 0 Å². The molecule has 0 heterocycles. The molecule has 2 rings (SSSR count). The smallest absolute Gasteiger partial charge is 0.165 e. The number of hydrogen-bond acceptors (Lipinski definition) is 3. The van der Waals surface area contributed by atoms with Crippen LogP contribution in [0.1, 0.15) is 5.56 Å². The van der Waals surface area contributed by atoms with Crippen molar-refractivity contribution in [3.63, 3.8) is 0 Å². The maximum absolute atomic E-state index is 9.70. The first-order valence-electron chi connectivity index (χ1n) is 4.90. The van der Waals surface area contributed by atoms with Crippen LogP contribution in [0.2, 0.25) is 0 Å². The van der Waals surface area contributed by atoms with Crippen LogP contribution in [0.25, 0.3) is 11.1 Å². The molecular formula is C13H12O3. The normalized spacial score (nSPS) is 10.3. The molecule has 0 bridgehead atoms. The van der Waals surface area contributed by atoms with Gasteiger partial charge in [0.1, 0.15) is 5.75 Å². The van der Waals surface area contributed by atoms with Crippen LogP contribution in [0.5, 0.6) is 17.2 Å². The zero-order valence-electron chi connectivity index (χ0n) is 8.81. The molecular weight excluding hydrogens is 204 g/mol. The maximum Gasteiger partial charge on any atom is 0.165 e. The first-order chi connectivity index (χ1) is 7.59. The zero-order chi connectivity index (χ0) is 11.7. The minimum atomic E-state index is -0.150. The number of rotatable bonds is 1. The first-order valence-corrected chi connectivity index (χ1v) is 4.90. The van der Waals surface area contributed by atoms with Crippen molar-refractivity contribution >= 4 is 0 Å². The largest absolute Gasteiger partial charge is 0.508 e. The molecule has 3 heteroatoms. The molecule has 3 N–H and O–H groups in total. The fraction of sp³-hybridized carbons (Fsp3) is 0.0769. The van der Waals surface area contributed by atoms with E-state index in [0.29, 0.717) is 5.56 Å². The van der Waals surface area contributed by atoms with Crippen LogP contribution in [-0.2, 0) is 0 Å². The fourth-order valence-electron chi connectivity index (χ4n) is 1.59. The maximum atomic E-state index is 9.70. The molecule has 0 aliphatic heterocycles. The van der Waals surface area contributed by atoms with E-state index in [0.717, 1.165) is 11.1 Å². The molecule has 0 saturated carbocycles. The number of phenols is 3. The van der Waals surface area contributed by atoms with Gasteiger partial charge in [-0.15, -0.1) is 0 Å². The van der Waals surface area contributed by atoms with E-state index in [2.05, 4.69) is 0 Å². The third-order valence-corrected chi connectivity index (χ3v) is 2.52. The molecule has 0 saturated heterocycles. The standard InChI is InChI=1S/C13H12O3/c1-8-7-9(5-6-11(8)14)10-3-2-4-12(15)13(10)16/h2-7,14-16H,1H3. The van der Waals surface area contributed by atoms with Gasteiger partial charge in [-0.25, -0.2) is 0 Å². The second kappa shape index (κ2) is 3.77. The summed E-state index contributed by atoms with van der Waals surface area (Å²) in [7, 11) is 0. The monoisotopic (exact) mass is 216 g/mol. The molecule has 0 spiro atoms. The van der Waals surface area contributed by atoms with Gasteiger partial charge in [-0.05, 0) is 36.2 Å². The minimum absolute atomic E-state index is 0.146. The van der Waals surface area contributed by atoms with Crippen molar-refractivity contribution in [1.82, 2.24) is 0 Å². The van der Waals surface area contributed by atoms with Gasteiger partial charge in [-0.2, -0.15) is 0 Å². The van der Waals surface area contributed by atoms with Crippen molar-refractivity contribution in [2.24, 2.45) is 0 Å². The van der Waals surface area contributed by atoms with Crippen molar-refractivity contribution in [2.75, 3.05) is 0 Å². The summed E-state index contributed by atoms with van der Waals surface area (Å²) < 4.78 is 0. The fourth-order valence-corrected chi connectivity index (χ4v) is 1.59. The van der Waals surface area contributed by atoms with Gasteiger partial charge in [0.2, 0.25) is 0 Å². The van der Waals surface area contributed by atoms with Crippen molar-refractivity contribution in [1.29, 1.82) is 0 Å². The summed E-state index contributed by atoms with van der Waals surface area (Å²) in [5.74, 6) is -0.0841. The predicted octanol–water partition coefficient (Wildman–Crippen LogP) is 2.78. The average Bonchev–Trinajstić information content (AvgIpc) is 2.26. The Labute approximate surface area is 93.2 Å². The molecule has 82 valence electrons. The Bertz CT molecular complexity index is 533. The molecule has 0 atom stereocenters.